The highest BCUT2D eigenvalue weighted by Crippen LogP contribution is 2.02. The van der Waals surface area contributed by atoms with Crippen LogP contribution < -0.4 is 11.1 Å². The molecule has 0 spiro atoms. The molecule has 0 radical (unpaired) electrons. The van der Waals surface area contributed by atoms with E-state index in [1.165, 1.54) is 44.9 Å². The minimum Gasteiger partial charge on any atom is -0.391 e. The number of hydrogen-bond acceptors (Lipinski definition) is 2. The molecule has 0 aromatic carbocycles. The number of allylic oxidation sites excluding steroid dienone is 1. The van der Waals surface area contributed by atoms with Gasteiger partial charge in [-0.05, 0) is 38.4 Å². The molecule has 0 saturated carbocycles. The van der Waals surface area contributed by atoms with Gasteiger partial charge >= 0.3 is 0 Å². The highest BCUT2D eigenvalue weighted by Gasteiger charge is 1.86. The van der Waals surface area contributed by atoms with Crippen LogP contribution >= 0.6 is 0 Å². The normalized spacial score (nSPS) is 11.1. The lowest BCUT2D eigenvalue weighted by molar-refractivity contribution is 0.656. The third-order valence-corrected chi connectivity index (χ3v) is 2.49. The minimum absolute atomic E-state index is 0.827. The van der Waals surface area contributed by atoms with Gasteiger partial charge in [0.2, 0.25) is 0 Å². The molecular weight excluding hydrogens is 184 g/mol. The summed E-state index contributed by atoms with van der Waals surface area (Å²) in [6, 6.07) is 0. The molecule has 2 nitrogen and oxygen atoms in total. The van der Waals surface area contributed by atoms with Gasteiger partial charge in [-0.25, -0.2) is 0 Å². The standard InChI is InChI=1S/C13H28N2/c1-2-3-4-5-6-9-12-15-13-10-7-8-11-14/h9,12,15H,2-8,10-11,13-14H2,1H3. The Bertz CT molecular complexity index is 132. The highest BCUT2D eigenvalue weighted by molar-refractivity contribution is 4.78. The highest BCUT2D eigenvalue weighted by atomic mass is 14.8. The summed E-state index contributed by atoms with van der Waals surface area (Å²) in [5, 5.41) is 3.31. The van der Waals surface area contributed by atoms with E-state index in [0.29, 0.717) is 0 Å². The molecule has 0 aliphatic carbocycles. The van der Waals surface area contributed by atoms with Crippen LogP contribution in [0.4, 0.5) is 0 Å². The second-order valence-electron chi connectivity index (χ2n) is 4.06. The summed E-state index contributed by atoms with van der Waals surface area (Å²) in [6.45, 7) is 4.16. The molecule has 2 heteroatoms. The van der Waals surface area contributed by atoms with Crippen LogP contribution in [-0.2, 0) is 0 Å². The zero-order valence-electron chi connectivity index (χ0n) is 10.3. The van der Waals surface area contributed by atoms with Crippen LogP contribution in [0.25, 0.3) is 0 Å². The van der Waals surface area contributed by atoms with Crippen molar-refractivity contribution in [1.82, 2.24) is 5.32 Å². The Morgan fingerprint density at radius 1 is 1.00 bits per heavy atom. The molecular formula is C13H28N2. The van der Waals surface area contributed by atoms with Crippen molar-refractivity contribution in [2.75, 3.05) is 13.1 Å². The van der Waals surface area contributed by atoms with Gasteiger partial charge in [0.1, 0.15) is 0 Å². The Kier molecular flexibility index (Phi) is 13.1. The van der Waals surface area contributed by atoms with Gasteiger partial charge in [-0.2, -0.15) is 0 Å². The SMILES string of the molecule is CCCCCCC=CNCCCCCN. The third kappa shape index (κ3) is 13.5. The van der Waals surface area contributed by atoms with Crippen LogP contribution in [0.5, 0.6) is 0 Å². The van der Waals surface area contributed by atoms with E-state index in [4.69, 9.17) is 5.73 Å². The molecule has 0 saturated heterocycles. The zero-order valence-corrected chi connectivity index (χ0v) is 10.3. The lowest BCUT2D eigenvalue weighted by atomic mass is 10.1. The van der Waals surface area contributed by atoms with Crippen LogP contribution in [0, 0.1) is 0 Å². The first-order valence-electron chi connectivity index (χ1n) is 6.50. The summed E-state index contributed by atoms with van der Waals surface area (Å²) in [4.78, 5) is 0. The number of hydrogen-bond donors (Lipinski definition) is 2. The van der Waals surface area contributed by atoms with Crippen molar-refractivity contribution in [2.24, 2.45) is 5.73 Å². The van der Waals surface area contributed by atoms with Gasteiger partial charge in [0.05, 0.1) is 0 Å². The number of unbranched alkanes of at least 4 members (excludes halogenated alkanes) is 6. The first-order chi connectivity index (χ1) is 7.41. The maximum absolute atomic E-state index is 5.41. The summed E-state index contributed by atoms with van der Waals surface area (Å²) in [7, 11) is 0. The van der Waals surface area contributed by atoms with E-state index in [0.717, 1.165) is 19.5 Å². The quantitative estimate of drug-likeness (QED) is 0.516. The van der Waals surface area contributed by atoms with Crippen LogP contribution in [0.2, 0.25) is 0 Å². The Morgan fingerprint density at radius 2 is 1.80 bits per heavy atom. The van der Waals surface area contributed by atoms with Crippen LogP contribution in [0.3, 0.4) is 0 Å². The van der Waals surface area contributed by atoms with E-state index in [9.17, 15) is 0 Å². The van der Waals surface area contributed by atoms with Crippen molar-refractivity contribution < 1.29 is 0 Å². The summed E-state index contributed by atoms with van der Waals surface area (Å²) >= 11 is 0. The molecule has 0 aliphatic rings. The molecule has 0 heterocycles. The van der Waals surface area contributed by atoms with Crippen LogP contribution in [0.1, 0.15) is 58.3 Å². The fourth-order valence-corrected chi connectivity index (χ4v) is 1.49. The predicted molar refractivity (Wildman–Crippen MR) is 68.8 cm³/mol. The lowest BCUT2D eigenvalue weighted by Gasteiger charge is -2.00. The summed E-state index contributed by atoms with van der Waals surface area (Å²) < 4.78 is 0. The molecule has 0 aromatic heterocycles. The van der Waals surface area contributed by atoms with Crippen molar-refractivity contribution in [3.8, 4) is 0 Å². The van der Waals surface area contributed by atoms with Gasteiger partial charge in [0, 0.05) is 6.54 Å². The maximum atomic E-state index is 5.41. The molecule has 15 heavy (non-hydrogen) atoms. The minimum atomic E-state index is 0.827. The van der Waals surface area contributed by atoms with Gasteiger partial charge in [-0.15, -0.1) is 0 Å². The van der Waals surface area contributed by atoms with Gasteiger partial charge in [-0.3, -0.25) is 0 Å². The molecule has 0 bridgehead atoms. The van der Waals surface area contributed by atoms with Crippen molar-refractivity contribution >= 4 is 0 Å². The number of rotatable bonds is 11. The first kappa shape index (κ1) is 14.5. The van der Waals surface area contributed by atoms with E-state index in [1.54, 1.807) is 0 Å². The predicted octanol–water partition coefficient (Wildman–Crippen LogP) is 3.19. The van der Waals surface area contributed by atoms with E-state index in [2.05, 4.69) is 24.5 Å². The van der Waals surface area contributed by atoms with Crippen LogP contribution in [-0.4, -0.2) is 13.1 Å². The fraction of sp³-hybridized carbons (Fsp3) is 0.846. The summed E-state index contributed by atoms with van der Waals surface area (Å²) in [5.41, 5.74) is 5.41. The van der Waals surface area contributed by atoms with Gasteiger partial charge in [-0.1, -0.05) is 38.7 Å². The van der Waals surface area contributed by atoms with E-state index in [1.807, 2.05) is 0 Å². The fourth-order valence-electron chi connectivity index (χ4n) is 1.49. The van der Waals surface area contributed by atoms with Crippen molar-refractivity contribution in [3.05, 3.63) is 12.3 Å². The van der Waals surface area contributed by atoms with Gasteiger partial charge in [0.15, 0.2) is 0 Å². The summed E-state index contributed by atoms with van der Waals surface area (Å²) in [6.07, 6.45) is 14.6. The molecule has 90 valence electrons. The smallest absolute Gasteiger partial charge is 0.0141 e. The maximum Gasteiger partial charge on any atom is 0.0141 e. The first-order valence-corrected chi connectivity index (χ1v) is 6.50. The van der Waals surface area contributed by atoms with Gasteiger partial charge < -0.3 is 11.1 Å². The van der Waals surface area contributed by atoms with Crippen LogP contribution in [0.15, 0.2) is 12.3 Å². The van der Waals surface area contributed by atoms with Crippen molar-refractivity contribution in [1.29, 1.82) is 0 Å². The molecule has 0 aliphatic heterocycles. The molecule has 0 rings (SSSR count). The topological polar surface area (TPSA) is 38.0 Å². The van der Waals surface area contributed by atoms with E-state index < -0.39 is 0 Å². The Morgan fingerprint density at radius 3 is 2.53 bits per heavy atom. The molecule has 0 amide bonds. The molecule has 0 aromatic rings. The monoisotopic (exact) mass is 212 g/mol. The third-order valence-electron chi connectivity index (χ3n) is 2.49. The molecule has 3 N–H and O–H groups in total. The average molecular weight is 212 g/mol. The number of nitrogens with one attached hydrogen (secondary N) is 1. The van der Waals surface area contributed by atoms with E-state index in [-0.39, 0.29) is 0 Å². The second kappa shape index (κ2) is 13.5. The lowest BCUT2D eigenvalue weighted by Crippen LogP contribution is -2.07. The molecule has 0 unspecified atom stereocenters. The number of nitrogens with two attached hydrogens (primary N) is 1. The van der Waals surface area contributed by atoms with Crippen molar-refractivity contribution in [3.63, 3.8) is 0 Å². The average Bonchev–Trinajstić information content (AvgIpc) is 2.26. The largest absolute Gasteiger partial charge is 0.391 e. The zero-order chi connectivity index (χ0) is 11.2. The Hall–Kier alpha value is -0.500. The molecule has 0 fully saturated rings. The summed E-state index contributed by atoms with van der Waals surface area (Å²) in [5.74, 6) is 0. The Labute approximate surface area is 95.3 Å². The van der Waals surface area contributed by atoms with E-state index >= 15 is 0 Å². The van der Waals surface area contributed by atoms with Crippen molar-refractivity contribution in [2.45, 2.75) is 58.3 Å². The van der Waals surface area contributed by atoms with Gasteiger partial charge in [0.25, 0.3) is 0 Å². The Balaban J connectivity index is 2.97. The second-order valence-corrected chi connectivity index (χ2v) is 4.06. The molecule has 0 atom stereocenters.